The van der Waals surface area contributed by atoms with E-state index in [9.17, 15) is 4.79 Å². The first kappa shape index (κ1) is 11.5. The summed E-state index contributed by atoms with van der Waals surface area (Å²) in [5, 5.41) is 9.57. The molecule has 0 bridgehead atoms. The molecule has 2 N–H and O–H groups in total. The molecule has 2 aromatic rings. The van der Waals surface area contributed by atoms with Crippen LogP contribution in [-0.2, 0) is 0 Å². The van der Waals surface area contributed by atoms with E-state index in [4.69, 9.17) is 11.6 Å². The van der Waals surface area contributed by atoms with Crippen LogP contribution in [0.15, 0.2) is 35.2 Å². The molecule has 2 rings (SSSR count). The predicted octanol–water partition coefficient (Wildman–Crippen LogP) is 2.62. The summed E-state index contributed by atoms with van der Waals surface area (Å²) in [7, 11) is 1.74. The molecule has 0 aliphatic carbocycles. The highest BCUT2D eigenvalue weighted by Crippen LogP contribution is 2.21. The molecular formula is C11H10ClN3O2. The van der Waals surface area contributed by atoms with Crippen LogP contribution in [-0.4, -0.2) is 18.1 Å². The van der Waals surface area contributed by atoms with E-state index in [1.165, 1.54) is 12.5 Å². The van der Waals surface area contributed by atoms with Crippen LogP contribution in [0, 0.1) is 0 Å². The monoisotopic (exact) mass is 251 g/mol. The van der Waals surface area contributed by atoms with E-state index in [0.717, 1.165) is 0 Å². The summed E-state index contributed by atoms with van der Waals surface area (Å²) in [6.45, 7) is 0. The molecule has 88 valence electrons. The number of benzene rings is 1. The van der Waals surface area contributed by atoms with Crippen molar-refractivity contribution in [2.45, 2.75) is 0 Å². The van der Waals surface area contributed by atoms with Crippen LogP contribution in [0.5, 0.6) is 0 Å². The van der Waals surface area contributed by atoms with Crippen molar-refractivity contribution in [3.63, 3.8) is 0 Å². The lowest BCUT2D eigenvalue weighted by atomic mass is 10.1. The molecule has 0 saturated heterocycles. The third kappa shape index (κ3) is 2.57. The highest BCUT2D eigenvalue weighted by molar-refractivity contribution is 6.31. The molecule has 0 unspecified atom stereocenters. The van der Waals surface area contributed by atoms with Gasteiger partial charge in [-0.3, -0.25) is 4.79 Å². The zero-order valence-corrected chi connectivity index (χ0v) is 9.78. The Morgan fingerprint density at radius 2 is 2.29 bits per heavy atom. The zero-order chi connectivity index (χ0) is 12.3. The van der Waals surface area contributed by atoms with E-state index in [2.05, 4.69) is 20.3 Å². The molecular weight excluding hydrogens is 242 g/mol. The van der Waals surface area contributed by atoms with Crippen molar-refractivity contribution in [1.82, 2.24) is 5.16 Å². The molecule has 0 aliphatic heterocycles. The Labute approximate surface area is 103 Å². The van der Waals surface area contributed by atoms with Crippen LogP contribution < -0.4 is 10.6 Å². The Kier molecular flexibility index (Phi) is 3.30. The average molecular weight is 252 g/mol. The lowest BCUT2D eigenvalue weighted by molar-refractivity contribution is 0.102. The largest absolute Gasteiger partial charge is 0.387 e. The molecule has 1 amide bonds. The Hall–Kier alpha value is -2.01. The smallest absolute Gasteiger partial charge is 0.257 e. The van der Waals surface area contributed by atoms with Crippen LogP contribution in [0.1, 0.15) is 10.4 Å². The number of carbonyl (C=O) groups excluding carboxylic acids is 1. The van der Waals surface area contributed by atoms with Crippen molar-refractivity contribution in [2.75, 3.05) is 17.7 Å². The van der Waals surface area contributed by atoms with Crippen molar-refractivity contribution in [1.29, 1.82) is 0 Å². The van der Waals surface area contributed by atoms with Crippen LogP contribution in [0.3, 0.4) is 0 Å². The average Bonchev–Trinajstić information content (AvgIpc) is 2.81. The second-order valence-electron chi connectivity index (χ2n) is 3.31. The summed E-state index contributed by atoms with van der Waals surface area (Å²) >= 11 is 5.86. The number of anilines is 2. The maximum absolute atomic E-state index is 12.0. The van der Waals surface area contributed by atoms with Crippen molar-refractivity contribution < 1.29 is 9.32 Å². The number of nitrogens with one attached hydrogen (secondary N) is 2. The highest BCUT2D eigenvalue weighted by Gasteiger charge is 2.12. The number of hydrogen-bond acceptors (Lipinski definition) is 4. The van der Waals surface area contributed by atoms with Gasteiger partial charge in [0, 0.05) is 17.8 Å². The highest BCUT2D eigenvalue weighted by atomic mass is 35.5. The molecule has 17 heavy (non-hydrogen) atoms. The molecule has 0 spiro atoms. The first-order valence-electron chi connectivity index (χ1n) is 4.88. The van der Waals surface area contributed by atoms with Gasteiger partial charge in [0.1, 0.15) is 12.0 Å². The Bertz CT molecular complexity index is 526. The molecule has 6 heteroatoms. The third-order valence-corrected chi connectivity index (χ3v) is 2.42. The summed E-state index contributed by atoms with van der Waals surface area (Å²) in [5.74, 6) is -0.278. The number of rotatable bonds is 3. The van der Waals surface area contributed by atoms with Gasteiger partial charge in [-0.25, -0.2) is 0 Å². The summed E-state index contributed by atoms with van der Waals surface area (Å²) < 4.78 is 4.63. The molecule has 0 atom stereocenters. The minimum atomic E-state index is -0.278. The standard InChI is InChI=1S/C11H10ClN3O2/c1-13-10-3-2-7(12)4-9(10)11(16)15-8-5-14-17-6-8/h2-6,13H,1H3,(H,15,16). The van der Waals surface area contributed by atoms with E-state index >= 15 is 0 Å². The second kappa shape index (κ2) is 4.88. The molecule has 1 aromatic heterocycles. The van der Waals surface area contributed by atoms with Gasteiger partial charge in [-0.1, -0.05) is 16.8 Å². The minimum Gasteiger partial charge on any atom is -0.387 e. The first-order valence-corrected chi connectivity index (χ1v) is 5.26. The fourth-order valence-corrected chi connectivity index (χ4v) is 1.56. The van der Waals surface area contributed by atoms with E-state index in [-0.39, 0.29) is 5.91 Å². The molecule has 0 fully saturated rings. The molecule has 5 nitrogen and oxygen atoms in total. The molecule has 0 radical (unpaired) electrons. The fourth-order valence-electron chi connectivity index (χ4n) is 1.39. The van der Waals surface area contributed by atoms with E-state index in [1.807, 2.05) is 0 Å². The van der Waals surface area contributed by atoms with Crippen LogP contribution in [0.4, 0.5) is 11.4 Å². The van der Waals surface area contributed by atoms with Crippen molar-refractivity contribution in [3.05, 3.63) is 41.2 Å². The normalized spacial score (nSPS) is 10.0. The maximum Gasteiger partial charge on any atom is 0.257 e. The molecule has 0 aliphatic rings. The van der Waals surface area contributed by atoms with E-state index < -0.39 is 0 Å². The van der Waals surface area contributed by atoms with Gasteiger partial charge in [-0.2, -0.15) is 0 Å². The van der Waals surface area contributed by atoms with Gasteiger partial charge in [0.05, 0.1) is 11.8 Å². The minimum absolute atomic E-state index is 0.278. The topological polar surface area (TPSA) is 67.2 Å². The van der Waals surface area contributed by atoms with Crippen molar-refractivity contribution in [3.8, 4) is 0 Å². The van der Waals surface area contributed by atoms with Crippen LogP contribution in [0.25, 0.3) is 0 Å². The van der Waals surface area contributed by atoms with E-state index in [1.54, 1.807) is 25.2 Å². The van der Waals surface area contributed by atoms with Gasteiger partial charge in [0.15, 0.2) is 0 Å². The third-order valence-electron chi connectivity index (χ3n) is 2.19. The van der Waals surface area contributed by atoms with Crippen LogP contribution >= 0.6 is 11.6 Å². The van der Waals surface area contributed by atoms with Gasteiger partial charge < -0.3 is 15.2 Å². The summed E-state index contributed by atoms with van der Waals surface area (Å²) in [5.41, 5.74) is 1.65. The van der Waals surface area contributed by atoms with Crippen molar-refractivity contribution >= 4 is 28.9 Å². The molecule has 1 aromatic carbocycles. The second-order valence-corrected chi connectivity index (χ2v) is 3.74. The Balaban J connectivity index is 2.26. The zero-order valence-electron chi connectivity index (χ0n) is 9.03. The number of carbonyl (C=O) groups is 1. The maximum atomic E-state index is 12.0. The van der Waals surface area contributed by atoms with Crippen molar-refractivity contribution in [2.24, 2.45) is 0 Å². The summed E-state index contributed by atoms with van der Waals surface area (Å²) in [6, 6.07) is 5.05. The summed E-state index contributed by atoms with van der Waals surface area (Å²) in [4.78, 5) is 12.0. The van der Waals surface area contributed by atoms with Gasteiger partial charge in [-0.05, 0) is 18.2 Å². The fraction of sp³-hybridized carbons (Fsp3) is 0.0909. The number of amides is 1. The van der Waals surface area contributed by atoms with Gasteiger partial charge in [0.25, 0.3) is 5.91 Å². The van der Waals surface area contributed by atoms with Gasteiger partial charge >= 0.3 is 0 Å². The van der Waals surface area contributed by atoms with E-state index in [0.29, 0.717) is 22.0 Å². The lowest BCUT2D eigenvalue weighted by Crippen LogP contribution is -2.13. The number of nitrogens with zero attached hydrogens (tertiary/aromatic N) is 1. The number of hydrogen-bond donors (Lipinski definition) is 2. The first-order chi connectivity index (χ1) is 8.20. The quantitative estimate of drug-likeness (QED) is 0.880. The van der Waals surface area contributed by atoms with Gasteiger partial charge in [-0.15, -0.1) is 0 Å². The molecule has 1 heterocycles. The summed E-state index contributed by atoms with van der Waals surface area (Å²) in [6.07, 6.45) is 2.77. The predicted molar refractivity (Wildman–Crippen MR) is 65.5 cm³/mol. The number of halogens is 1. The SMILES string of the molecule is CNc1ccc(Cl)cc1C(=O)Nc1cnoc1. The molecule has 0 saturated carbocycles. The van der Waals surface area contributed by atoms with Crippen LogP contribution in [0.2, 0.25) is 5.02 Å². The van der Waals surface area contributed by atoms with Gasteiger partial charge in [0.2, 0.25) is 0 Å². The lowest BCUT2D eigenvalue weighted by Gasteiger charge is -2.08. The Morgan fingerprint density at radius 1 is 1.47 bits per heavy atom. The Morgan fingerprint density at radius 3 is 2.94 bits per heavy atom. The number of aromatic nitrogens is 1.